The van der Waals surface area contributed by atoms with Gasteiger partial charge in [0.25, 0.3) is 5.56 Å². The second kappa shape index (κ2) is 9.82. The van der Waals surface area contributed by atoms with Crippen molar-refractivity contribution in [2.45, 2.75) is 33.4 Å². The Kier molecular flexibility index (Phi) is 7.14. The van der Waals surface area contributed by atoms with E-state index in [0.29, 0.717) is 22.3 Å². The number of carbonyl (C=O) groups is 1. The van der Waals surface area contributed by atoms with Gasteiger partial charge in [0.15, 0.2) is 0 Å². The number of benzene rings is 2. The molecule has 0 aliphatic rings. The Labute approximate surface area is 186 Å². The number of anilines is 1. The lowest BCUT2D eigenvalue weighted by Gasteiger charge is -2.20. The number of hydrogen-bond acceptors (Lipinski definition) is 6. The maximum Gasteiger partial charge on any atom is 0.258 e. The summed E-state index contributed by atoms with van der Waals surface area (Å²) < 4.78 is 33.0. The van der Waals surface area contributed by atoms with E-state index < -0.39 is 21.7 Å². The van der Waals surface area contributed by atoms with Gasteiger partial charge in [0, 0.05) is 12.2 Å². The summed E-state index contributed by atoms with van der Waals surface area (Å²) in [7, 11) is -3.93. The normalized spacial score (nSPS) is 11.5. The van der Waals surface area contributed by atoms with Crippen LogP contribution in [0.15, 0.2) is 53.3 Å². The van der Waals surface area contributed by atoms with E-state index in [1.807, 2.05) is 13.8 Å². The third-order valence-electron chi connectivity index (χ3n) is 4.55. The minimum absolute atomic E-state index is 0.00206. The van der Waals surface area contributed by atoms with Gasteiger partial charge in [-0.1, -0.05) is 12.1 Å². The molecule has 9 nitrogen and oxygen atoms in total. The second-order valence-corrected chi connectivity index (χ2v) is 9.21. The molecule has 0 fully saturated rings. The topological polar surface area (TPSA) is 121 Å². The van der Waals surface area contributed by atoms with Crippen LogP contribution >= 0.6 is 0 Å². The molecule has 32 heavy (non-hydrogen) atoms. The lowest BCUT2D eigenvalue weighted by atomic mass is 10.2. The van der Waals surface area contributed by atoms with Crippen LogP contribution in [0, 0.1) is 0 Å². The fraction of sp³-hybridized carbons (Fsp3) is 0.318. The Morgan fingerprint density at radius 3 is 2.50 bits per heavy atom. The molecule has 170 valence electrons. The van der Waals surface area contributed by atoms with Gasteiger partial charge in [-0.25, -0.2) is 13.4 Å². The lowest BCUT2D eigenvalue weighted by molar-refractivity contribution is -0.128. The van der Waals surface area contributed by atoms with Crippen LogP contribution < -0.4 is 15.0 Å². The van der Waals surface area contributed by atoms with Gasteiger partial charge in [-0.05, 0) is 57.2 Å². The first-order valence-electron chi connectivity index (χ1n) is 10.2. The molecular formula is C22H26N4O5S. The standard InChI is InChI=1S/C22H26N4O5S/c1-4-26(13-20-23-19-8-6-5-7-18(19)22(28)24-20)21(27)14-32(29,30)25-16-9-11-17(12-10-16)31-15(2)3/h5-12,15,25H,4,13-14H2,1-3H3,(H,23,24,28). The van der Waals surface area contributed by atoms with Gasteiger partial charge in [-0.15, -0.1) is 0 Å². The van der Waals surface area contributed by atoms with E-state index in [1.165, 1.54) is 4.90 Å². The number of ether oxygens (including phenoxy) is 1. The van der Waals surface area contributed by atoms with Crippen LogP contribution in [-0.4, -0.2) is 47.6 Å². The molecular weight excluding hydrogens is 432 g/mol. The summed E-state index contributed by atoms with van der Waals surface area (Å²) in [5.74, 6) is -0.429. The van der Waals surface area contributed by atoms with Gasteiger partial charge in [-0.3, -0.25) is 14.3 Å². The fourth-order valence-corrected chi connectivity index (χ4v) is 4.19. The molecule has 0 unspecified atom stereocenters. The molecule has 0 radical (unpaired) electrons. The van der Waals surface area contributed by atoms with Crippen LogP contribution in [0.5, 0.6) is 5.75 Å². The molecule has 0 bridgehead atoms. The molecule has 3 aromatic rings. The zero-order valence-corrected chi connectivity index (χ0v) is 19.0. The number of nitrogens with zero attached hydrogens (tertiary/aromatic N) is 2. The van der Waals surface area contributed by atoms with Crippen molar-refractivity contribution in [3.05, 3.63) is 64.7 Å². The Morgan fingerprint density at radius 1 is 1.16 bits per heavy atom. The number of rotatable bonds is 9. The molecule has 0 aliphatic heterocycles. The van der Waals surface area contributed by atoms with Crippen molar-refractivity contribution in [2.75, 3.05) is 17.0 Å². The first-order chi connectivity index (χ1) is 15.2. The number of sulfonamides is 1. The molecule has 0 atom stereocenters. The second-order valence-electron chi connectivity index (χ2n) is 7.49. The first kappa shape index (κ1) is 23.3. The van der Waals surface area contributed by atoms with Crippen LogP contribution in [0.3, 0.4) is 0 Å². The molecule has 1 heterocycles. The minimum Gasteiger partial charge on any atom is -0.491 e. The maximum atomic E-state index is 12.7. The molecule has 2 aromatic carbocycles. The van der Waals surface area contributed by atoms with Gasteiger partial charge in [0.1, 0.15) is 17.3 Å². The highest BCUT2D eigenvalue weighted by Gasteiger charge is 2.22. The van der Waals surface area contributed by atoms with Crippen molar-refractivity contribution in [3.8, 4) is 5.75 Å². The molecule has 0 aliphatic carbocycles. The maximum absolute atomic E-state index is 12.7. The zero-order valence-electron chi connectivity index (χ0n) is 18.2. The molecule has 0 saturated carbocycles. The molecule has 10 heteroatoms. The van der Waals surface area contributed by atoms with Crippen molar-refractivity contribution < 1.29 is 17.9 Å². The fourth-order valence-electron chi connectivity index (χ4n) is 3.11. The predicted octanol–water partition coefficient (Wildman–Crippen LogP) is 2.50. The average Bonchev–Trinajstić information content (AvgIpc) is 2.72. The Bertz CT molecular complexity index is 1250. The summed E-state index contributed by atoms with van der Waals surface area (Å²) in [4.78, 5) is 33.3. The highest BCUT2D eigenvalue weighted by Crippen LogP contribution is 2.18. The molecule has 1 amide bonds. The predicted molar refractivity (Wildman–Crippen MR) is 123 cm³/mol. The zero-order chi connectivity index (χ0) is 23.3. The van der Waals surface area contributed by atoms with Crippen molar-refractivity contribution >= 4 is 32.5 Å². The summed E-state index contributed by atoms with van der Waals surface area (Å²) in [5, 5.41) is 0.446. The van der Waals surface area contributed by atoms with Crippen molar-refractivity contribution in [1.82, 2.24) is 14.9 Å². The number of fused-ring (bicyclic) bond motifs is 1. The summed E-state index contributed by atoms with van der Waals surface area (Å²) in [6, 6.07) is 13.3. The number of H-pyrrole nitrogens is 1. The van der Waals surface area contributed by atoms with Crippen LogP contribution in [0.25, 0.3) is 10.9 Å². The first-order valence-corrected chi connectivity index (χ1v) is 11.8. The van der Waals surface area contributed by atoms with Gasteiger partial charge in [-0.2, -0.15) is 0 Å². The molecule has 3 rings (SSSR count). The van der Waals surface area contributed by atoms with E-state index >= 15 is 0 Å². The van der Waals surface area contributed by atoms with Gasteiger partial charge >= 0.3 is 0 Å². The quantitative estimate of drug-likeness (QED) is 0.508. The molecule has 2 N–H and O–H groups in total. The number of amides is 1. The number of aromatic nitrogens is 2. The molecule has 0 spiro atoms. The summed E-state index contributed by atoms with van der Waals surface area (Å²) in [6.45, 7) is 5.76. The number of hydrogen-bond donors (Lipinski definition) is 2. The third kappa shape index (κ3) is 6.07. The van der Waals surface area contributed by atoms with Crippen LogP contribution in [0.2, 0.25) is 0 Å². The summed E-state index contributed by atoms with van der Waals surface area (Å²) in [6.07, 6.45) is 0.00206. The SMILES string of the molecule is CCN(Cc1nc2ccccc2c(=O)[nH]1)C(=O)CS(=O)(=O)Nc1ccc(OC(C)C)cc1. The van der Waals surface area contributed by atoms with Gasteiger partial charge in [0.2, 0.25) is 15.9 Å². The lowest BCUT2D eigenvalue weighted by Crippen LogP contribution is -2.37. The molecule has 0 saturated heterocycles. The van der Waals surface area contributed by atoms with E-state index in [9.17, 15) is 18.0 Å². The largest absolute Gasteiger partial charge is 0.491 e. The van der Waals surface area contributed by atoms with Crippen LogP contribution in [-0.2, 0) is 21.4 Å². The molecule has 1 aromatic heterocycles. The van der Waals surface area contributed by atoms with Crippen LogP contribution in [0.4, 0.5) is 5.69 Å². The van der Waals surface area contributed by atoms with E-state index in [1.54, 1.807) is 55.5 Å². The minimum atomic E-state index is -3.93. The van der Waals surface area contributed by atoms with E-state index in [4.69, 9.17) is 4.74 Å². The number of para-hydroxylation sites is 1. The Hall–Kier alpha value is -3.40. The van der Waals surface area contributed by atoms with Gasteiger partial charge in [0.05, 0.1) is 23.6 Å². The Morgan fingerprint density at radius 2 is 1.84 bits per heavy atom. The number of aromatic amines is 1. The summed E-state index contributed by atoms with van der Waals surface area (Å²) >= 11 is 0. The highest BCUT2D eigenvalue weighted by atomic mass is 32.2. The van der Waals surface area contributed by atoms with Crippen LogP contribution in [0.1, 0.15) is 26.6 Å². The third-order valence-corrected chi connectivity index (χ3v) is 5.72. The average molecular weight is 459 g/mol. The smallest absolute Gasteiger partial charge is 0.258 e. The van der Waals surface area contributed by atoms with Crippen molar-refractivity contribution in [2.24, 2.45) is 0 Å². The van der Waals surface area contributed by atoms with E-state index in [0.717, 1.165) is 0 Å². The van der Waals surface area contributed by atoms with E-state index in [-0.39, 0.29) is 30.6 Å². The van der Waals surface area contributed by atoms with Crippen molar-refractivity contribution in [3.63, 3.8) is 0 Å². The number of carbonyl (C=O) groups excluding carboxylic acids is 1. The Balaban J connectivity index is 1.68. The van der Waals surface area contributed by atoms with E-state index in [2.05, 4.69) is 14.7 Å². The number of nitrogens with one attached hydrogen (secondary N) is 2. The van der Waals surface area contributed by atoms with Crippen molar-refractivity contribution in [1.29, 1.82) is 0 Å². The summed E-state index contributed by atoms with van der Waals surface area (Å²) in [5.41, 5.74) is 0.527. The monoisotopic (exact) mass is 458 g/mol. The highest BCUT2D eigenvalue weighted by molar-refractivity contribution is 7.93. The van der Waals surface area contributed by atoms with Gasteiger partial charge < -0.3 is 14.6 Å².